The van der Waals surface area contributed by atoms with Crippen molar-refractivity contribution in [2.24, 2.45) is 21.1 Å². The molecule has 0 bridgehead atoms. The average Bonchev–Trinajstić information content (AvgIpc) is 1.69. The van der Waals surface area contributed by atoms with Crippen LogP contribution in [0, 0.1) is 0 Å². The number of aliphatic hydroxyl groups is 1. The van der Waals surface area contributed by atoms with E-state index in [0.29, 0.717) is 118 Å². The van der Waals surface area contributed by atoms with E-state index in [4.69, 9.17) is 38.9 Å². The van der Waals surface area contributed by atoms with Crippen LogP contribution in [0.5, 0.6) is 17.2 Å². The number of carbonyl (C=O) groups excluding carboxylic acids is 3. The first-order chi connectivity index (χ1) is 56.6. The molecule has 3 aliphatic rings. The lowest BCUT2D eigenvalue weighted by atomic mass is 10.0. The molecule has 618 valence electrons. The lowest BCUT2D eigenvalue weighted by Crippen LogP contribution is -2.57. The maximum Gasteiger partial charge on any atom is 0.247 e. The van der Waals surface area contributed by atoms with Gasteiger partial charge in [0.1, 0.15) is 47.7 Å². The number of carbonyl (C=O) groups is 3. The highest BCUT2D eigenvalue weighted by atomic mass is 28.3. The maximum atomic E-state index is 12.4. The second-order valence-electron chi connectivity index (χ2n) is 30.9. The van der Waals surface area contributed by atoms with Gasteiger partial charge in [-0.2, -0.15) is 30.2 Å². The molecule has 35 nitrogen and oxygen atoms in total. The molecule has 15 rings (SSSR count). The summed E-state index contributed by atoms with van der Waals surface area (Å²) in [5.41, 5.74) is 13.0. The molecule has 3 saturated heterocycles. The van der Waals surface area contributed by atoms with Gasteiger partial charge in [-0.15, -0.1) is 0 Å². The number of aromatic nitrogens is 15. The number of hydrogen-bond acceptors (Lipinski definition) is 26. The Morgan fingerprint density at radius 2 is 0.864 bits per heavy atom. The summed E-state index contributed by atoms with van der Waals surface area (Å²) in [5.74, 6) is 1.92. The van der Waals surface area contributed by atoms with E-state index in [1.807, 2.05) is 105 Å². The number of fused-ring (bicyclic) bond motifs is 3. The summed E-state index contributed by atoms with van der Waals surface area (Å²) in [6, 6.07) is 19.5. The zero-order chi connectivity index (χ0) is 84.0. The molecule has 0 spiro atoms. The van der Waals surface area contributed by atoms with E-state index in [1.54, 1.807) is 70.8 Å². The Morgan fingerprint density at radius 1 is 0.508 bits per heavy atom. The number of amides is 3. The molecule has 0 aliphatic carbocycles. The molecule has 0 atom stereocenters. The third kappa shape index (κ3) is 18.6. The molecular weight excluding hydrogens is 1520 g/mol. The molecule has 0 saturated carbocycles. The highest BCUT2D eigenvalue weighted by Gasteiger charge is 2.35. The molecule has 12 heterocycles. The Bertz CT molecular complexity index is 5680. The first-order valence-corrected chi connectivity index (χ1v) is 42.1. The number of aryl methyl sites for hydroxylation is 3. The number of aliphatic hydroxyl groups excluding tert-OH is 1. The number of likely N-dealkylation sites (N-methyl/N-ethyl adjacent to an activating group) is 3. The van der Waals surface area contributed by atoms with Crippen molar-refractivity contribution in [3.05, 3.63) is 148 Å². The van der Waals surface area contributed by atoms with Crippen molar-refractivity contribution in [2.75, 3.05) is 156 Å². The second kappa shape index (κ2) is 35.6. The second-order valence-corrected chi connectivity index (χ2v) is 36.5. The van der Waals surface area contributed by atoms with Crippen LogP contribution in [0.1, 0.15) is 0 Å². The predicted octanol–water partition coefficient (Wildman–Crippen LogP) is 10.2. The zero-order valence-corrected chi connectivity index (χ0v) is 70.3. The molecular formula is C82H103N27O8Si. The number of methoxy groups -OCH3 is 3. The highest BCUT2D eigenvalue weighted by molar-refractivity contribution is 6.76. The Balaban J connectivity index is 0.000000154. The number of H-pyrrole nitrogens is 1. The molecule has 0 unspecified atom stereocenters. The van der Waals surface area contributed by atoms with Crippen LogP contribution < -0.4 is 60.8 Å². The van der Waals surface area contributed by atoms with Gasteiger partial charge in [0, 0.05) is 181 Å². The van der Waals surface area contributed by atoms with Crippen LogP contribution >= 0.6 is 0 Å². The Kier molecular flexibility index (Phi) is 25.0. The van der Waals surface area contributed by atoms with Crippen LogP contribution in [0.25, 0.3) is 66.9 Å². The van der Waals surface area contributed by atoms with Gasteiger partial charge in [-0.05, 0) is 103 Å². The Labute approximate surface area is 685 Å². The molecule has 8 N–H and O–H groups in total. The number of anilines is 12. The van der Waals surface area contributed by atoms with E-state index in [2.05, 4.69) is 173 Å². The van der Waals surface area contributed by atoms with Crippen LogP contribution in [-0.4, -0.2) is 247 Å². The van der Waals surface area contributed by atoms with E-state index in [0.717, 1.165) is 112 Å². The summed E-state index contributed by atoms with van der Waals surface area (Å²) in [6.07, 6.45) is 20.3. The van der Waals surface area contributed by atoms with Gasteiger partial charge < -0.3 is 99.5 Å². The van der Waals surface area contributed by atoms with E-state index in [-0.39, 0.29) is 24.5 Å². The first kappa shape index (κ1) is 83.0. The van der Waals surface area contributed by atoms with Crippen molar-refractivity contribution in [3.8, 4) is 51.0 Å². The van der Waals surface area contributed by atoms with Crippen molar-refractivity contribution in [1.82, 2.24) is 88.1 Å². The topological polar surface area (TPSA) is 356 Å². The van der Waals surface area contributed by atoms with E-state index in [1.165, 1.54) is 18.2 Å². The minimum atomic E-state index is -1.21. The number of nitrogens with zero attached hydrogens (tertiary/aromatic N) is 20. The Morgan fingerprint density at radius 3 is 1.19 bits per heavy atom. The number of ether oxygens (including phenoxy) is 4. The maximum absolute atomic E-state index is 12.4. The fourth-order valence-electron chi connectivity index (χ4n) is 13.7. The minimum Gasteiger partial charge on any atom is -0.494 e. The lowest BCUT2D eigenvalue weighted by Gasteiger charge is -2.45. The largest absolute Gasteiger partial charge is 0.494 e. The molecule has 3 fully saturated rings. The summed E-state index contributed by atoms with van der Waals surface area (Å²) in [4.78, 5) is 82.0. The number of hydrogen-bond donors (Lipinski definition) is 8. The van der Waals surface area contributed by atoms with Gasteiger partial charge >= 0.3 is 0 Å². The van der Waals surface area contributed by atoms with Gasteiger partial charge in [0.2, 0.25) is 35.6 Å². The SMILES string of the molecule is C=CC(=O)Nc1cc(Nc2nc(-c3cnn(C)c3)c3cc[nH]c3n2)c(OC)cc1N1CC(N(C)C)C1.C=CC(=O)Nc1cc(Nc2nc(-c3cnn(C)c3)c3ccn(CO)c3n2)c(OC)cc1N1CC(N(C)C)C1.C=CC(=O)Nc1cc(Nc2nc(-c3cnn(C)c3)c3ccn(COCC[Si](C)(C)C)c3n2)c(OC)cc1N1CC(N(C)C)C1. The molecule has 3 aromatic carbocycles. The van der Waals surface area contributed by atoms with Crippen molar-refractivity contribution >= 4 is 128 Å². The molecule has 0 radical (unpaired) electrons. The van der Waals surface area contributed by atoms with Crippen molar-refractivity contribution < 1.29 is 38.4 Å². The van der Waals surface area contributed by atoms with Gasteiger partial charge in [0.05, 0.1) is 108 Å². The van der Waals surface area contributed by atoms with E-state index < -0.39 is 8.07 Å². The fourth-order valence-corrected chi connectivity index (χ4v) is 14.5. The van der Waals surface area contributed by atoms with E-state index >= 15 is 0 Å². The average molecular weight is 1620 g/mol. The number of nitrogens with one attached hydrogen (secondary N) is 7. The quantitative estimate of drug-likeness (QED) is 0.0118. The van der Waals surface area contributed by atoms with Gasteiger partial charge in [-0.1, -0.05) is 39.4 Å². The van der Waals surface area contributed by atoms with Crippen LogP contribution in [0.15, 0.2) is 148 Å². The molecule has 9 aromatic heterocycles. The summed E-state index contributed by atoms with van der Waals surface area (Å²) in [5, 5.41) is 44.1. The van der Waals surface area contributed by atoms with Gasteiger partial charge in [0.15, 0.2) is 0 Å². The van der Waals surface area contributed by atoms with Crippen molar-refractivity contribution in [2.45, 2.75) is 57.3 Å². The lowest BCUT2D eigenvalue weighted by molar-refractivity contribution is -0.112. The third-order valence-electron chi connectivity index (χ3n) is 20.8. The standard InChI is InChI=1S/C31H43N9O3Si.C26H31N9O3.C25H29N9O2/c1-9-28(41)33-24-14-25(27(42-5)15-26(24)40-18-22(19-40)37(2)3)34-31-35-29(21-16-32-38(4)17-21)23-10-11-39(30(23)36-31)20-43-12-13-44(6,7)8;1-6-23(37)28-19-9-20(22(38-5)10-21(19)35-13-17(14-35)32(2)3)29-26-30-24(16-11-27-33(4)12-16)18-7-8-34(15-36)25(18)31-26;1-6-22(35)28-18-9-19(21(36-5)10-20(18)34-13-16(14-34)32(2)3)29-25-30-23(15-11-27-33(4)12-15)17-7-8-26-24(17)31-25/h9-11,14-17,22H,1,12-13,18-20H2,2-8H3,(H,33,41)(H,34,35,36);6-12,17,36H,1,13-15H2,2-5H3,(H,28,37)(H,29,30,31);6-12,16H,1,13-14H2,2-5H3,(H,28,35)(H2,26,29,30,31). The van der Waals surface area contributed by atoms with Crippen LogP contribution in [0.2, 0.25) is 25.7 Å². The summed E-state index contributed by atoms with van der Waals surface area (Å²) < 4.78 is 32.1. The zero-order valence-electron chi connectivity index (χ0n) is 69.3. The first-order valence-electron chi connectivity index (χ1n) is 38.4. The normalized spacial score (nSPS) is 13.7. The molecule has 118 heavy (non-hydrogen) atoms. The summed E-state index contributed by atoms with van der Waals surface area (Å²) >= 11 is 0. The monoisotopic (exact) mass is 1620 g/mol. The Hall–Kier alpha value is -13.0. The van der Waals surface area contributed by atoms with Crippen LogP contribution in [0.3, 0.4) is 0 Å². The molecule has 3 amide bonds. The van der Waals surface area contributed by atoms with Gasteiger partial charge in [-0.25, -0.2) is 15.0 Å². The summed E-state index contributed by atoms with van der Waals surface area (Å²) in [6.45, 7) is 23.7. The number of rotatable bonds is 30. The third-order valence-corrected chi connectivity index (χ3v) is 22.5. The molecule has 36 heteroatoms. The molecule has 12 aromatic rings. The van der Waals surface area contributed by atoms with Crippen molar-refractivity contribution in [3.63, 3.8) is 0 Å². The highest BCUT2D eigenvalue weighted by Crippen LogP contribution is 2.45. The van der Waals surface area contributed by atoms with Crippen LogP contribution in [-0.2, 0) is 53.7 Å². The van der Waals surface area contributed by atoms with Gasteiger partial charge in [-0.3, -0.25) is 28.4 Å². The molecule has 3 aliphatic heterocycles. The summed E-state index contributed by atoms with van der Waals surface area (Å²) in [7, 11) is 21.6. The van der Waals surface area contributed by atoms with Crippen molar-refractivity contribution in [1.29, 1.82) is 0 Å². The van der Waals surface area contributed by atoms with E-state index in [9.17, 15) is 19.5 Å². The number of benzene rings is 3. The smallest absolute Gasteiger partial charge is 0.247 e. The van der Waals surface area contributed by atoms with Crippen LogP contribution in [0.4, 0.5) is 69.0 Å². The fraction of sp³-hybridized carbons (Fsp3) is 0.341. The minimum absolute atomic E-state index is 0.230. The number of aromatic amines is 1. The van der Waals surface area contributed by atoms with Gasteiger partial charge in [0.25, 0.3) is 0 Å². The predicted molar refractivity (Wildman–Crippen MR) is 466 cm³/mol.